The van der Waals surface area contributed by atoms with Crippen LogP contribution in [0.15, 0.2) is 12.1 Å². The van der Waals surface area contributed by atoms with Crippen molar-refractivity contribution in [1.29, 1.82) is 0 Å². The third-order valence-electron chi connectivity index (χ3n) is 2.77. The van der Waals surface area contributed by atoms with E-state index in [1.165, 1.54) is 11.3 Å². The van der Waals surface area contributed by atoms with Crippen LogP contribution in [0.1, 0.15) is 31.7 Å². The third kappa shape index (κ3) is 3.98. The molecule has 0 aliphatic rings. The van der Waals surface area contributed by atoms with E-state index in [1.54, 1.807) is 0 Å². The maximum absolute atomic E-state index is 12.0. The monoisotopic (exact) mass is 274 g/mol. The summed E-state index contributed by atoms with van der Waals surface area (Å²) < 4.78 is 0.736. The zero-order valence-corrected chi connectivity index (χ0v) is 11.9. The third-order valence-corrected chi connectivity index (χ3v) is 4.19. The Kier molecular flexibility index (Phi) is 5.43. The first-order valence-corrected chi connectivity index (χ1v) is 6.90. The Morgan fingerprint density at radius 2 is 2.12 bits per heavy atom. The summed E-state index contributed by atoms with van der Waals surface area (Å²) in [5, 5.41) is 2.97. The highest BCUT2D eigenvalue weighted by atomic mass is 35.5. The molecule has 5 heteroatoms. The molecule has 0 saturated heterocycles. The first-order valence-electron chi connectivity index (χ1n) is 5.71. The van der Waals surface area contributed by atoms with E-state index in [4.69, 9.17) is 17.3 Å². The summed E-state index contributed by atoms with van der Waals surface area (Å²) in [5.74, 6) is 0.131. The molecule has 1 rings (SSSR count). The highest BCUT2D eigenvalue weighted by Gasteiger charge is 2.22. The fourth-order valence-corrected chi connectivity index (χ4v) is 2.70. The predicted molar refractivity (Wildman–Crippen MR) is 73.3 cm³/mol. The fourth-order valence-electron chi connectivity index (χ4n) is 1.63. The lowest BCUT2D eigenvalue weighted by Crippen LogP contribution is -2.38. The molecule has 0 aliphatic carbocycles. The highest BCUT2D eigenvalue weighted by Crippen LogP contribution is 2.27. The number of carbonyl (C=O) groups is 1. The minimum Gasteiger partial charge on any atom is -0.348 e. The van der Waals surface area contributed by atoms with Gasteiger partial charge in [0.15, 0.2) is 0 Å². The van der Waals surface area contributed by atoms with Crippen molar-refractivity contribution in [3.63, 3.8) is 0 Å². The summed E-state index contributed by atoms with van der Waals surface area (Å²) in [6, 6.07) is 3.76. The maximum atomic E-state index is 12.0. The Morgan fingerprint density at radius 1 is 1.47 bits per heavy atom. The molecule has 0 radical (unpaired) electrons. The van der Waals surface area contributed by atoms with Gasteiger partial charge in [-0.25, -0.2) is 0 Å². The van der Waals surface area contributed by atoms with Gasteiger partial charge in [-0.1, -0.05) is 25.4 Å². The van der Waals surface area contributed by atoms with Gasteiger partial charge in [0.05, 0.1) is 16.3 Å². The molecule has 3 nitrogen and oxygen atoms in total. The SMILES string of the molecule is CC(NC(=O)C(CN)C(C)C)c1ccc(Cl)s1. The minimum atomic E-state index is -0.132. The van der Waals surface area contributed by atoms with Crippen LogP contribution in [0.2, 0.25) is 4.34 Å². The van der Waals surface area contributed by atoms with Crippen molar-refractivity contribution in [1.82, 2.24) is 5.32 Å². The molecule has 2 atom stereocenters. The summed E-state index contributed by atoms with van der Waals surface area (Å²) in [7, 11) is 0. The number of carbonyl (C=O) groups excluding carboxylic acids is 1. The number of hydrogen-bond acceptors (Lipinski definition) is 3. The Hall–Kier alpha value is -0.580. The van der Waals surface area contributed by atoms with Gasteiger partial charge in [0, 0.05) is 11.4 Å². The second-order valence-electron chi connectivity index (χ2n) is 4.46. The van der Waals surface area contributed by atoms with Gasteiger partial charge in [-0.2, -0.15) is 0 Å². The van der Waals surface area contributed by atoms with Gasteiger partial charge in [-0.15, -0.1) is 11.3 Å². The molecule has 0 aromatic carbocycles. The van der Waals surface area contributed by atoms with Gasteiger partial charge in [0.2, 0.25) is 5.91 Å². The van der Waals surface area contributed by atoms with Crippen LogP contribution >= 0.6 is 22.9 Å². The quantitative estimate of drug-likeness (QED) is 0.867. The van der Waals surface area contributed by atoms with Crippen molar-refractivity contribution in [2.45, 2.75) is 26.8 Å². The zero-order chi connectivity index (χ0) is 13.0. The van der Waals surface area contributed by atoms with Crippen molar-refractivity contribution in [2.24, 2.45) is 17.6 Å². The van der Waals surface area contributed by atoms with Crippen LogP contribution in [0.25, 0.3) is 0 Å². The van der Waals surface area contributed by atoms with E-state index in [9.17, 15) is 4.79 Å². The van der Waals surface area contributed by atoms with Crippen LogP contribution < -0.4 is 11.1 Å². The highest BCUT2D eigenvalue weighted by molar-refractivity contribution is 7.16. The normalized spacial score (nSPS) is 14.7. The maximum Gasteiger partial charge on any atom is 0.225 e. The molecule has 1 amide bonds. The molecule has 0 spiro atoms. The van der Waals surface area contributed by atoms with E-state index in [-0.39, 0.29) is 23.8 Å². The smallest absolute Gasteiger partial charge is 0.225 e. The van der Waals surface area contributed by atoms with Crippen LogP contribution in [-0.2, 0) is 4.79 Å². The van der Waals surface area contributed by atoms with Crippen molar-refractivity contribution >= 4 is 28.8 Å². The van der Waals surface area contributed by atoms with E-state index in [2.05, 4.69) is 5.32 Å². The van der Waals surface area contributed by atoms with E-state index in [1.807, 2.05) is 32.9 Å². The largest absolute Gasteiger partial charge is 0.348 e. The summed E-state index contributed by atoms with van der Waals surface area (Å²) >= 11 is 7.35. The second-order valence-corrected chi connectivity index (χ2v) is 6.21. The Labute approximate surface area is 111 Å². The Morgan fingerprint density at radius 3 is 2.53 bits per heavy atom. The van der Waals surface area contributed by atoms with E-state index in [0.29, 0.717) is 6.54 Å². The molecular weight excluding hydrogens is 256 g/mol. The molecular formula is C12H19ClN2OS. The number of nitrogens with two attached hydrogens (primary N) is 1. The van der Waals surface area contributed by atoms with E-state index >= 15 is 0 Å². The topological polar surface area (TPSA) is 55.1 Å². The van der Waals surface area contributed by atoms with Crippen LogP contribution in [0.5, 0.6) is 0 Å². The van der Waals surface area contributed by atoms with Crippen LogP contribution in [-0.4, -0.2) is 12.5 Å². The standard InChI is InChI=1S/C12H19ClN2OS/c1-7(2)9(6-14)12(16)15-8(3)10-4-5-11(13)17-10/h4-5,7-9H,6,14H2,1-3H3,(H,15,16). The van der Waals surface area contributed by atoms with Crippen molar-refractivity contribution in [3.05, 3.63) is 21.3 Å². The molecule has 0 bridgehead atoms. The summed E-state index contributed by atoms with van der Waals surface area (Å²) in [5.41, 5.74) is 5.61. The first-order chi connectivity index (χ1) is 7.95. The average molecular weight is 275 g/mol. The zero-order valence-electron chi connectivity index (χ0n) is 10.4. The summed E-state index contributed by atoms with van der Waals surface area (Å²) in [4.78, 5) is 13.0. The van der Waals surface area contributed by atoms with Crippen LogP contribution in [0.4, 0.5) is 0 Å². The molecule has 1 aromatic rings. The number of rotatable bonds is 5. The Balaban J connectivity index is 2.62. The molecule has 0 saturated carbocycles. The van der Waals surface area contributed by atoms with Crippen molar-refractivity contribution in [3.8, 4) is 0 Å². The van der Waals surface area contributed by atoms with Gasteiger partial charge < -0.3 is 11.1 Å². The Bertz CT molecular complexity index is 378. The molecule has 0 fully saturated rings. The van der Waals surface area contributed by atoms with Gasteiger partial charge in [-0.05, 0) is 25.0 Å². The number of amides is 1. The molecule has 3 N–H and O–H groups in total. The number of hydrogen-bond donors (Lipinski definition) is 2. The number of nitrogens with one attached hydrogen (secondary N) is 1. The van der Waals surface area contributed by atoms with E-state index in [0.717, 1.165) is 9.21 Å². The molecule has 1 heterocycles. The first kappa shape index (κ1) is 14.5. The lowest BCUT2D eigenvalue weighted by molar-refractivity contribution is -0.126. The lowest BCUT2D eigenvalue weighted by Gasteiger charge is -2.21. The van der Waals surface area contributed by atoms with Crippen molar-refractivity contribution in [2.75, 3.05) is 6.54 Å². The average Bonchev–Trinajstić information content (AvgIpc) is 2.65. The fraction of sp³-hybridized carbons (Fsp3) is 0.583. The molecule has 96 valence electrons. The number of halogens is 1. The van der Waals surface area contributed by atoms with Crippen molar-refractivity contribution < 1.29 is 4.79 Å². The van der Waals surface area contributed by atoms with Gasteiger partial charge in [-0.3, -0.25) is 4.79 Å². The van der Waals surface area contributed by atoms with E-state index < -0.39 is 0 Å². The predicted octanol–water partition coefficient (Wildman–Crippen LogP) is 2.81. The van der Waals surface area contributed by atoms with Crippen LogP contribution in [0, 0.1) is 11.8 Å². The van der Waals surface area contributed by atoms with Gasteiger partial charge >= 0.3 is 0 Å². The molecule has 2 unspecified atom stereocenters. The molecule has 1 aromatic heterocycles. The minimum absolute atomic E-state index is 0.0134. The second kappa shape index (κ2) is 6.38. The van der Waals surface area contributed by atoms with Gasteiger partial charge in [0.25, 0.3) is 0 Å². The lowest BCUT2D eigenvalue weighted by atomic mass is 9.95. The summed E-state index contributed by atoms with van der Waals surface area (Å²) in [6.07, 6.45) is 0. The molecule has 0 aliphatic heterocycles. The summed E-state index contributed by atoms with van der Waals surface area (Å²) in [6.45, 7) is 6.34. The van der Waals surface area contributed by atoms with Gasteiger partial charge in [0.1, 0.15) is 0 Å². The van der Waals surface area contributed by atoms with Crippen LogP contribution in [0.3, 0.4) is 0 Å². The molecule has 17 heavy (non-hydrogen) atoms. The number of thiophene rings is 1.